The number of ether oxygens (including phenoxy) is 3. The highest BCUT2D eigenvalue weighted by Crippen LogP contribution is 2.36. The fraction of sp³-hybridized carbons (Fsp3) is 0.188. The molecule has 1 N–H and O–H groups in total. The summed E-state index contributed by atoms with van der Waals surface area (Å²) in [7, 11) is 3.94. The number of anilines is 1. The maximum Gasteiger partial charge on any atom is 0.296 e. The summed E-state index contributed by atoms with van der Waals surface area (Å²) in [5, 5.41) is 24.8. The SMILES string of the molecule is COc1ccc(NC(=O)c2cc(OC)c(OC)cc2[N+](=O)[O-])c([N+](=O)[O-])c1. The molecule has 0 unspecified atom stereocenters. The number of hydrogen-bond donors (Lipinski definition) is 1. The van der Waals surface area contributed by atoms with E-state index < -0.39 is 27.1 Å². The van der Waals surface area contributed by atoms with Gasteiger partial charge in [0.1, 0.15) is 17.0 Å². The zero-order valence-electron chi connectivity index (χ0n) is 14.5. The van der Waals surface area contributed by atoms with Crippen LogP contribution in [0.3, 0.4) is 0 Å². The Morgan fingerprint density at radius 3 is 2.00 bits per heavy atom. The molecule has 0 aliphatic carbocycles. The second-order valence-electron chi connectivity index (χ2n) is 5.08. The Labute approximate surface area is 152 Å². The van der Waals surface area contributed by atoms with E-state index in [-0.39, 0.29) is 28.5 Å². The minimum atomic E-state index is -0.920. The number of carbonyl (C=O) groups is 1. The highest BCUT2D eigenvalue weighted by atomic mass is 16.6. The van der Waals surface area contributed by atoms with E-state index in [4.69, 9.17) is 14.2 Å². The van der Waals surface area contributed by atoms with E-state index in [2.05, 4.69) is 5.32 Å². The lowest BCUT2D eigenvalue weighted by molar-refractivity contribution is -0.385. The summed E-state index contributed by atoms with van der Waals surface area (Å²) in [6.45, 7) is 0. The van der Waals surface area contributed by atoms with Crippen LogP contribution in [-0.2, 0) is 0 Å². The van der Waals surface area contributed by atoms with Crippen LogP contribution in [-0.4, -0.2) is 37.1 Å². The number of rotatable bonds is 7. The number of nitro benzene ring substituents is 2. The average molecular weight is 377 g/mol. The smallest absolute Gasteiger partial charge is 0.296 e. The van der Waals surface area contributed by atoms with Gasteiger partial charge in [0.15, 0.2) is 11.5 Å². The molecule has 11 nitrogen and oxygen atoms in total. The zero-order valence-corrected chi connectivity index (χ0v) is 14.5. The number of carbonyl (C=O) groups excluding carboxylic acids is 1. The first-order chi connectivity index (χ1) is 12.8. The first-order valence-electron chi connectivity index (χ1n) is 7.36. The van der Waals surface area contributed by atoms with Crippen molar-refractivity contribution in [3.63, 3.8) is 0 Å². The molecule has 0 spiro atoms. The summed E-state index contributed by atoms with van der Waals surface area (Å²) in [6, 6.07) is 5.96. The Bertz CT molecular complexity index is 913. The Kier molecular flexibility index (Phi) is 5.75. The number of methoxy groups -OCH3 is 3. The van der Waals surface area contributed by atoms with Gasteiger partial charge in [0.25, 0.3) is 17.3 Å². The van der Waals surface area contributed by atoms with Crippen molar-refractivity contribution in [1.29, 1.82) is 0 Å². The molecule has 0 saturated heterocycles. The minimum Gasteiger partial charge on any atom is -0.496 e. The van der Waals surface area contributed by atoms with E-state index in [1.54, 1.807) is 0 Å². The van der Waals surface area contributed by atoms with Gasteiger partial charge in [-0.1, -0.05) is 0 Å². The van der Waals surface area contributed by atoms with Gasteiger partial charge in [0.2, 0.25) is 0 Å². The Morgan fingerprint density at radius 2 is 1.48 bits per heavy atom. The summed E-state index contributed by atoms with van der Waals surface area (Å²) in [5.41, 5.74) is -1.45. The molecule has 0 fully saturated rings. The molecule has 0 bridgehead atoms. The molecule has 2 aromatic carbocycles. The molecule has 2 aromatic rings. The topological polar surface area (TPSA) is 143 Å². The van der Waals surface area contributed by atoms with Crippen molar-refractivity contribution >= 4 is 23.0 Å². The maximum atomic E-state index is 12.6. The molecule has 2 rings (SSSR count). The lowest BCUT2D eigenvalue weighted by atomic mass is 10.1. The van der Waals surface area contributed by atoms with Crippen LogP contribution < -0.4 is 19.5 Å². The van der Waals surface area contributed by atoms with Crippen molar-refractivity contribution in [2.75, 3.05) is 26.6 Å². The summed E-state index contributed by atoms with van der Waals surface area (Å²) in [4.78, 5) is 33.6. The van der Waals surface area contributed by atoms with Crippen LogP contribution in [0.25, 0.3) is 0 Å². The third-order valence-corrected chi connectivity index (χ3v) is 3.59. The van der Waals surface area contributed by atoms with E-state index >= 15 is 0 Å². The third-order valence-electron chi connectivity index (χ3n) is 3.59. The van der Waals surface area contributed by atoms with Crippen LogP contribution in [0.1, 0.15) is 10.4 Å². The highest BCUT2D eigenvalue weighted by Gasteiger charge is 2.26. The molecule has 0 aliphatic rings. The average Bonchev–Trinajstić information content (AvgIpc) is 2.66. The van der Waals surface area contributed by atoms with Crippen LogP contribution >= 0.6 is 0 Å². The minimum absolute atomic E-state index is 0.0659. The molecule has 27 heavy (non-hydrogen) atoms. The maximum absolute atomic E-state index is 12.6. The standard InChI is InChI=1S/C16H15N3O8/c1-25-9-4-5-11(13(6-9)19(23)24)17-16(20)10-7-14(26-2)15(27-3)8-12(10)18(21)22/h4-8H,1-3H3,(H,17,20). The van der Waals surface area contributed by atoms with Gasteiger partial charge in [0, 0.05) is 6.07 Å². The molecule has 0 saturated carbocycles. The largest absolute Gasteiger partial charge is 0.496 e. The quantitative estimate of drug-likeness (QED) is 0.573. The fourth-order valence-electron chi connectivity index (χ4n) is 2.29. The van der Waals surface area contributed by atoms with Gasteiger partial charge in [0.05, 0.1) is 43.3 Å². The number of amides is 1. The Morgan fingerprint density at radius 1 is 0.889 bits per heavy atom. The lowest BCUT2D eigenvalue weighted by Crippen LogP contribution is -2.15. The normalized spacial score (nSPS) is 10.0. The van der Waals surface area contributed by atoms with Crippen LogP contribution in [0, 0.1) is 20.2 Å². The second-order valence-corrected chi connectivity index (χ2v) is 5.08. The number of benzene rings is 2. The number of hydrogen-bond acceptors (Lipinski definition) is 8. The molecule has 11 heteroatoms. The Balaban J connectivity index is 2.50. The van der Waals surface area contributed by atoms with Crippen molar-refractivity contribution < 1.29 is 28.9 Å². The summed E-state index contributed by atoms with van der Waals surface area (Å²) < 4.78 is 15.0. The van der Waals surface area contributed by atoms with Gasteiger partial charge in [-0.25, -0.2) is 0 Å². The summed E-state index contributed by atoms with van der Waals surface area (Å²) in [6.07, 6.45) is 0. The molecule has 1 amide bonds. The van der Waals surface area contributed by atoms with Crippen molar-refractivity contribution in [2.45, 2.75) is 0 Å². The molecule has 0 aromatic heterocycles. The lowest BCUT2D eigenvalue weighted by Gasteiger charge is -2.11. The predicted molar refractivity (Wildman–Crippen MR) is 93.8 cm³/mol. The molecule has 142 valence electrons. The summed E-state index contributed by atoms with van der Waals surface area (Å²) in [5.74, 6) is -0.540. The van der Waals surface area contributed by atoms with Gasteiger partial charge < -0.3 is 19.5 Å². The van der Waals surface area contributed by atoms with Crippen molar-refractivity contribution in [3.8, 4) is 17.2 Å². The first kappa shape index (κ1) is 19.4. The van der Waals surface area contributed by atoms with E-state index in [1.807, 2.05) is 0 Å². The van der Waals surface area contributed by atoms with Crippen molar-refractivity contribution in [3.05, 3.63) is 56.1 Å². The van der Waals surface area contributed by atoms with E-state index in [0.717, 1.165) is 18.2 Å². The van der Waals surface area contributed by atoms with Crippen LogP contribution in [0.5, 0.6) is 17.2 Å². The number of nitro groups is 2. The van der Waals surface area contributed by atoms with Gasteiger partial charge in [-0.3, -0.25) is 25.0 Å². The number of nitrogens with one attached hydrogen (secondary N) is 1. The van der Waals surface area contributed by atoms with Crippen LogP contribution in [0.15, 0.2) is 30.3 Å². The van der Waals surface area contributed by atoms with Crippen LogP contribution in [0.2, 0.25) is 0 Å². The monoisotopic (exact) mass is 377 g/mol. The van der Waals surface area contributed by atoms with Crippen molar-refractivity contribution in [2.24, 2.45) is 0 Å². The Hall–Kier alpha value is -3.89. The van der Waals surface area contributed by atoms with Crippen LogP contribution in [0.4, 0.5) is 17.1 Å². The molecule has 0 heterocycles. The summed E-state index contributed by atoms with van der Waals surface area (Å²) >= 11 is 0. The molecule has 0 aliphatic heterocycles. The van der Waals surface area contributed by atoms with E-state index in [1.165, 1.54) is 33.5 Å². The van der Waals surface area contributed by atoms with Gasteiger partial charge >= 0.3 is 0 Å². The number of nitrogens with zero attached hydrogens (tertiary/aromatic N) is 2. The van der Waals surface area contributed by atoms with Crippen molar-refractivity contribution in [1.82, 2.24) is 0 Å². The molecule has 0 atom stereocenters. The fourth-order valence-corrected chi connectivity index (χ4v) is 2.29. The van der Waals surface area contributed by atoms with Gasteiger partial charge in [-0.05, 0) is 12.1 Å². The predicted octanol–water partition coefficient (Wildman–Crippen LogP) is 2.78. The first-order valence-corrected chi connectivity index (χ1v) is 7.36. The molecular weight excluding hydrogens is 362 g/mol. The zero-order chi connectivity index (χ0) is 20.1. The molecular formula is C16H15N3O8. The van der Waals surface area contributed by atoms with E-state index in [9.17, 15) is 25.0 Å². The van der Waals surface area contributed by atoms with Gasteiger partial charge in [-0.2, -0.15) is 0 Å². The van der Waals surface area contributed by atoms with E-state index in [0.29, 0.717) is 0 Å². The third kappa shape index (κ3) is 4.03. The second kappa shape index (κ2) is 7.99. The molecule has 0 radical (unpaired) electrons. The highest BCUT2D eigenvalue weighted by molar-refractivity contribution is 6.08. The van der Waals surface area contributed by atoms with Gasteiger partial charge in [-0.15, -0.1) is 0 Å².